The van der Waals surface area contributed by atoms with Gasteiger partial charge >= 0.3 is 12.0 Å². The van der Waals surface area contributed by atoms with Crippen molar-refractivity contribution in [3.05, 3.63) is 29.3 Å². The third-order valence-electron chi connectivity index (χ3n) is 2.42. The van der Waals surface area contributed by atoms with Crippen molar-refractivity contribution in [3.63, 3.8) is 0 Å². The summed E-state index contributed by atoms with van der Waals surface area (Å²) >= 11 is 0. The van der Waals surface area contributed by atoms with Gasteiger partial charge in [-0.05, 0) is 26.0 Å². The van der Waals surface area contributed by atoms with Crippen molar-refractivity contribution >= 4 is 23.6 Å². The van der Waals surface area contributed by atoms with E-state index in [9.17, 15) is 14.4 Å². The molecule has 3 amide bonds. The third-order valence-corrected chi connectivity index (χ3v) is 2.42. The lowest BCUT2D eigenvalue weighted by atomic mass is 10.1. The van der Waals surface area contributed by atoms with Crippen LogP contribution in [0, 0.1) is 6.92 Å². The maximum atomic E-state index is 11.7. The summed E-state index contributed by atoms with van der Waals surface area (Å²) < 4.78 is 0. The lowest BCUT2D eigenvalue weighted by Crippen LogP contribution is -2.44. The molecule has 0 aliphatic carbocycles. The van der Waals surface area contributed by atoms with Crippen LogP contribution < -0.4 is 16.4 Å². The molecule has 0 spiro atoms. The van der Waals surface area contributed by atoms with Gasteiger partial charge < -0.3 is 21.5 Å². The molecule has 19 heavy (non-hydrogen) atoms. The predicted octanol–water partition coefficient (Wildman–Crippen LogP) is 0.689. The average Bonchev–Trinajstić information content (AvgIpc) is 2.30. The van der Waals surface area contributed by atoms with Crippen molar-refractivity contribution in [3.8, 4) is 0 Å². The summed E-state index contributed by atoms with van der Waals surface area (Å²) in [5.74, 6) is -1.69. The van der Waals surface area contributed by atoms with E-state index in [1.165, 1.54) is 19.1 Å². The first-order valence-corrected chi connectivity index (χ1v) is 5.52. The number of carboxylic acids is 1. The molecule has 0 aromatic heterocycles. The molecule has 1 rings (SSSR count). The molecule has 0 fully saturated rings. The van der Waals surface area contributed by atoms with Crippen molar-refractivity contribution in [1.82, 2.24) is 5.32 Å². The zero-order chi connectivity index (χ0) is 14.6. The highest BCUT2D eigenvalue weighted by Gasteiger charge is 2.17. The largest absolute Gasteiger partial charge is 0.478 e. The molecule has 1 aromatic rings. The van der Waals surface area contributed by atoms with Crippen LogP contribution >= 0.6 is 0 Å². The fourth-order valence-electron chi connectivity index (χ4n) is 1.46. The van der Waals surface area contributed by atoms with E-state index in [4.69, 9.17) is 10.8 Å². The molecule has 1 aromatic carbocycles. The SMILES string of the molecule is Cc1ccc(NC(=O)C(C)NC(N)=O)c(C(=O)O)c1. The van der Waals surface area contributed by atoms with E-state index in [0.717, 1.165) is 5.56 Å². The number of aromatic carboxylic acids is 1. The Morgan fingerprint density at radius 3 is 2.47 bits per heavy atom. The second-order valence-electron chi connectivity index (χ2n) is 4.07. The number of nitrogens with one attached hydrogen (secondary N) is 2. The number of carbonyl (C=O) groups is 3. The van der Waals surface area contributed by atoms with E-state index in [2.05, 4.69) is 10.6 Å². The molecule has 0 saturated heterocycles. The molecular weight excluding hydrogens is 250 g/mol. The highest BCUT2D eigenvalue weighted by molar-refractivity contribution is 6.02. The molecule has 1 unspecified atom stereocenters. The van der Waals surface area contributed by atoms with Crippen molar-refractivity contribution in [2.24, 2.45) is 5.73 Å². The molecule has 5 N–H and O–H groups in total. The van der Waals surface area contributed by atoms with Gasteiger partial charge in [0.25, 0.3) is 0 Å². The molecule has 0 bridgehead atoms. The maximum absolute atomic E-state index is 11.7. The molecule has 0 heterocycles. The van der Waals surface area contributed by atoms with Crippen LogP contribution in [0.2, 0.25) is 0 Å². The fourth-order valence-corrected chi connectivity index (χ4v) is 1.46. The first kappa shape index (κ1) is 14.5. The van der Waals surface area contributed by atoms with E-state index < -0.39 is 23.9 Å². The molecule has 1 atom stereocenters. The Morgan fingerprint density at radius 2 is 1.95 bits per heavy atom. The first-order valence-electron chi connectivity index (χ1n) is 5.52. The summed E-state index contributed by atoms with van der Waals surface area (Å²) in [5, 5.41) is 13.7. The lowest BCUT2D eigenvalue weighted by Gasteiger charge is -2.14. The van der Waals surface area contributed by atoms with E-state index >= 15 is 0 Å². The Kier molecular flexibility index (Phi) is 4.46. The Morgan fingerprint density at radius 1 is 1.32 bits per heavy atom. The van der Waals surface area contributed by atoms with Crippen molar-refractivity contribution in [1.29, 1.82) is 0 Å². The standard InChI is InChI=1S/C12H15N3O4/c1-6-3-4-9(8(5-6)11(17)18)15-10(16)7(2)14-12(13)19/h3-5,7H,1-2H3,(H,15,16)(H,17,18)(H3,13,14,19). The first-order chi connectivity index (χ1) is 8.81. The van der Waals surface area contributed by atoms with Crippen LogP contribution in [0.15, 0.2) is 18.2 Å². The third kappa shape index (κ3) is 3.98. The topological polar surface area (TPSA) is 122 Å². The minimum absolute atomic E-state index is 0.0142. The van der Waals surface area contributed by atoms with Crippen LogP contribution in [0.5, 0.6) is 0 Å². The molecule has 0 radical (unpaired) electrons. The Labute approximate surface area is 109 Å². The molecule has 0 aliphatic heterocycles. The van der Waals surface area contributed by atoms with Crippen molar-refractivity contribution in [2.45, 2.75) is 19.9 Å². The number of anilines is 1. The van der Waals surface area contributed by atoms with Gasteiger partial charge in [0.1, 0.15) is 6.04 Å². The number of nitrogens with two attached hydrogens (primary N) is 1. The number of hydrogen-bond acceptors (Lipinski definition) is 3. The van der Waals surface area contributed by atoms with Crippen LogP contribution in [0.4, 0.5) is 10.5 Å². The Balaban J connectivity index is 2.90. The Hall–Kier alpha value is -2.57. The van der Waals surface area contributed by atoms with Crippen LogP contribution in [-0.2, 0) is 4.79 Å². The van der Waals surface area contributed by atoms with Gasteiger partial charge in [0.15, 0.2) is 0 Å². The smallest absolute Gasteiger partial charge is 0.337 e. The predicted molar refractivity (Wildman–Crippen MR) is 68.9 cm³/mol. The lowest BCUT2D eigenvalue weighted by molar-refractivity contribution is -0.117. The van der Waals surface area contributed by atoms with Crippen LogP contribution in [0.1, 0.15) is 22.8 Å². The summed E-state index contributed by atoms with van der Waals surface area (Å²) in [5.41, 5.74) is 5.81. The molecule has 7 heteroatoms. The minimum atomic E-state index is -1.14. The molecule has 0 saturated carbocycles. The van der Waals surface area contributed by atoms with E-state index in [0.29, 0.717) is 0 Å². The van der Waals surface area contributed by atoms with Crippen LogP contribution in [-0.4, -0.2) is 29.1 Å². The maximum Gasteiger partial charge on any atom is 0.337 e. The van der Waals surface area contributed by atoms with Gasteiger partial charge in [-0.2, -0.15) is 0 Å². The number of amides is 3. The zero-order valence-electron chi connectivity index (χ0n) is 10.6. The fraction of sp³-hybridized carbons (Fsp3) is 0.250. The number of benzene rings is 1. The van der Waals surface area contributed by atoms with E-state index in [1.807, 2.05) is 0 Å². The number of carboxylic acid groups (broad SMARTS) is 1. The quantitative estimate of drug-likeness (QED) is 0.639. The van der Waals surface area contributed by atoms with Gasteiger partial charge in [-0.1, -0.05) is 11.6 Å². The molecule has 102 valence electrons. The minimum Gasteiger partial charge on any atom is -0.478 e. The summed E-state index contributed by atoms with van der Waals surface area (Å²) in [6, 6.07) is 2.93. The average molecular weight is 265 g/mol. The second kappa shape index (κ2) is 5.85. The highest BCUT2D eigenvalue weighted by Crippen LogP contribution is 2.17. The number of primary amides is 1. The van der Waals surface area contributed by atoms with Gasteiger partial charge in [-0.3, -0.25) is 4.79 Å². The number of urea groups is 1. The van der Waals surface area contributed by atoms with Gasteiger partial charge in [-0.25, -0.2) is 9.59 Å². The summed E-state index contributed by atoms with van der Waals surface area (Å²) in [6.45, 7) is 3.18. The highest BCUT2D eigenvalue weighted by atomic mass is 16.4. The number of carbonyl (C=O) groups excluding carboxylic acids is 2. The van der Waals surface area contributed by atoms with E-state index in [-0.39, 0.29) is 11.3 Å². The molecule has 7 nitrogen and oxygen atoms in total. The summed E-state index contributed by atoms with van der Waals surface area (Å²) in [6.07, 6.45) is 0. The Bertz CT molecular complexity index is 528. The van der Waals surface area contributed by atoms with Crippen molar-refractivity contribution < 1.29 is 19.5 Å². The molecule has 0 aliphatic rings. The van der Waals surface area contributed by atoms with Crippen LogP contribution in [0.3, 0.4) is 0 Å². The summed E-state index contributed by atoms with van der Waals surface area (Å²) in [7, 11) is 0. The van der Waals surface area contributed by atoms with Crippen molar-refractivity contribution in [2.75, 3.05) is 5.32 Å². The van der Waals surface area contributed by atoms with Gasteiger partial charge in [0.2, 0.25) is 5.91 Å². The number of hydrogen-bond donors (Lipinski definition) is 4. The van der Waals surface area contributed by atoms with Gasteiger partial charge in [-0.15, -0.1) is 0 Å². The summed E-state index contributed by atoms with van der Waals surface area (Å²) in [4.78, 5) is 33.4. The molecular formula is C12H15N3O4. The number of aryl methyl sites for hydroxylation is 1. The number of rotatable bonds is 4. The van der Waals surface area contributed by atoms with E-state index in [1.54, 1.807) is 13.0 Å². The monoisotopic (exact) mass is 265 g/mol. The normalized spacial score (nSPS) is 11.5. The zero-order valence-corrected chi connectivity index (χ0v) is 10.6. The second-order valence-corrected chi connectivity index (χ2v) is 4.07. The van der Waals surface area contributed by atoms with Gasteiger partial charge in [0.05, 0.1) is 11.3 Å². The van der Waals surface area contributed by atoms with Crippen LogP contribution in [0.25, 0.3) is 0 Å². The van der Waals surface area contributed by atoms with Gasteiger partial charge in [0, 0.05) is 0 Å².